The summed E-state index contributed by atoms with van der Waals surface area (Å²) in [5.74, 6) is 0. The van der Waals surface area contributed by atoms with E-state index in [1.807, 2.05) is 4.90 Å². The lowest BCUT2D eigenvalue weighted by Crippen LogP contribution is -2.33. The second-order valence-corrected chi connectivity index (χ2v) is 7.23. The Labute approximate surface area is 169 Å². The number of aromatic nitrogens is 2. The van der Waals surface area contributed by atoms with E-state index in [0.29, 0.717) is 35.9 Å². The molecule has 0 N–H and O–H groups in total. The summed E-state index contributed by atoms with van der Waals surface area (Å²) in [7, 11) is 0. The Hall–Kier alpha value is -2.90. The predicted octanol–water partition coefficient (Wildman–Crippen LogP) is 4.01. The average molecular weight is 417 g/mol. The summed E-state index contributed by atoms with van der Waals surface area (Å²) in [5, 5.41) is 15.9. The highest BCUT2D eigenvalue weighted by molar-refractivity contribution is 6.33. The van der Waals surface area contributed by atoms with Crippen molar-refractivity contribution in [3.8, 4) is 5.69 Å². The zero-order valence-electron chi connectivity index (χ0n) is 14.5. The van der Waals surface area contributed by atoms with Gasteiger partial charge in [-0.1, -0.05) is 29.3 Å². The molecule has 9 heteroatoms. The van der Waals surface area contributed by atoms with Crippen molar-refractivity contribution < 1.29 is 4.92 Å². The average Bonchev–Trinajstić information content (AvgIpc) is 2.70. The highest BCUT2D eigenvalue weighted by Gasteiger charge is 2.23. The number of hydrogen-bond donors (Lipinski definition) is 0. The number of nitro benzene ring substituents is 1. The molecule has 142 valence electrons. The van der Waals surface area contributed by atoms with E-state index in [1.165, 1.54) is 10.7 Å². The minimum atomic E-state index is -0.439. The van der Waals surface area contributed by atoms with E-state index in [1.54, 1.807) is 42.6 Å². The van der Waals surface area contributed by atoms with Crippen molar-refractivity contribution in [1.82, 2.24) is 9.78 Å². The Balaban J connectivity index is 1.68. The maximum Gasteiger partial charge on any atom is 0.292 e. The van der Waals surface area contributed by atoms with Gasteiger partial charge >= 0.3 is 0 Å². The lowest BCUT2D eigenvalue weighted by Gasteiger charge is -2.30. The molecule has 0 amide bonds. The van der Waals surface area contributed by atoms with Crippen LogP contribution in [0.4, 0.5) is 11.4 Å². The van der Waals surface area contributed by atoms with Gasteiger partial charge in [-0.25, -0.2) is 0 Å². The Bertz CT molecular complexity index is 1130. The Morgan fingerprint density at radius 3 is 2.54 bits per heavy atom. The number of benzene rings is 2. The normalized spacial score (nSPS) is 13.3. The summed E-state index contributed by atoms with van der Waals surface area (Å²) >= 11 is 12.3. The molecule has 1 aliphatic rings. The van der Waals surface area contributed by atoms with Gasteiger partial charge in [0.1, 0.15) is 5.02 Å². The first-order chi connectivity index (χ1) is 13.4. The monoisotopic (exact) mass is 416 g/mol. The number of halogens is 2. The number of fused-ring (bicyclic) bond motifs is 1. The summed E-state index contributed by atoms with van der Waals surface area (Å²) in [6.45, 7) is 1.05. The summed E-state index contributed by atoms with van der Waals surface area (Å²) in [5.41, 5.74) is 2.57. The minimum absolute atomic E-state index is 0.0444. The first-order valence-corrected chi connectivity index (χ1v) is 9.24. The van der Waals surface area contributed by atoms with Gasteiger partial charge in [0.2, 0.25) is 0 Å². The van der Waals surface area contributed by atoms with Gasteiger partial charge in [0.15, 0.2) is 0 Å². The van der Waals surface area contributed by atoms with Crippen molar-refractivity contribution in [2.45, 2.75) is 13.0 Å². The molecular weight excluding hydrogens is 403 g/mol. The summed E-state index contributed by atoms with van der Waals surface area (Å²) < 4.78 is 1.21. The van der Waals surface area contributed by atoms with E-state index in [9.17, 15) is 14.9 Å². The molecular formula is C19H14Cl2N4O3. The van der Waals surface area contributed by atoms with Crippen LogP contribution in [0, 0.1) is 10.1 Å². The second kappa shape index (κ2) is 7.26. The van der Waals surface area contributed by atoms with Crippen LogP contribution in [-0.2, 0) is 13.0 Å². The van der Waals surface area contributed by atoms with Crippen LogP contribution in [0.15, 0.2) is 53.5 Å². The maximum absolute atomic E-state index is 12.7. The Kier molecular flexibility index (Phi) is 4.78. The standard InChI is InChI=1S/C19H14Cl2N4O3/c20-14-2-5-15(6-3-14)24-19(26)18(21)17(10-22-24)23-8-7-12-1-4-16(25(27)28)9-13(12)11-23/h1-6,9-10H,7-8,11H2. The van der Waals surface area contributed by atoms with Gasteiger partial charge in [0.05, 0.1) is 22.5 Å². The molecule has 0 bridgehead atoms. The lowest BCUT2D eigenvalue weighted by molar-refractivity contribution is -0.384. The summed E-state index contributed by atoms with van der Waals surface area (Å²) in [6, 6.07) is 11.6. The smallest absolute Gasteiger partial charge is 0.292 e. The van der Waals surface area contributed by atoms with Gasteiger partial charge in [-0.05, 0) is 41.8 Å². The summed E-state index contributed by atoms with van der Waals surface area (Å²) in [6.07, 6.45) is 2.24. The van der Waals surface area contributed by atoms with Crippen LogP contribution in [0.1, 0.15) is 11.1 Å². The molecule has 2 heterocycles. The largest absolute Gasteiger partial charge is 0.364 e. The van der Waals surface area contributed by atoms with Gasteiger partial charge < -0.3 is 4.90 Å². The van der Waals surface area contributed by atoms with E-state index in [0.717, 1.165) is 11.1 Å². The van der Waals surface area contributed by atoms with Crippen LogP contribution in [0.3, 0.4) is 0 Å². The quantitative estimate of drug-likeness (QED) is 0.475. The maximum atomic E-state index is 12.7. The van der Waals surface area contributed by atoms with Crippen LogP contribution in [0.2, 0.25) is 10.0 Å². The molecule has 0 saturated heterocycles. The minimum Gasteiger partial charge on any atom is -0.364 e. The highest BCUT2D eigenvalue weighted by atomic mass is 35.5. The third-order valence-electron chi connectivity index (χ3n) is 4.73. The topological polar surface area (TPSA) is 81.3 Å². The van der Waals surface area contributed by atoms with Crippen LogP contribution < -0.4 is 10.5 Å². The van der Waals surface area contributed by atoms with Crippen LogP contribution in [0.25, 0.3) is 5.69 Å². The molecule has 0 spiro atoms. The van der Waals surface area contributed by atoms with Crippen LogP contribution >= 0.6 is 23.2 Å². The molecule has 1 aliphatic heterocycles. The van der Waals surface area contributed by atoms with Gasteiger partial charge in [0.25, 0.3) is 11.2 Å². The number of non-ortho nitro benzene ring substituents is 1. The van der Waals surface area contributed by atoms with Gasteiger partial charge in [0, 0.05) is 30.2 Å². The molecule has 4 rings (SSSR count). The van der Waals surface area contributed by atoms with Crippen LogP contribution in [-0.4, -0.2) is 21.2 Å². The number of nitrogens with zero attached hydrogens (tertiary/aromatic N) is 4. The van der Waals surface area contributed by atoms with Crippen LogP contribution in [0.5, 0.6) is 0 Å². The van der Waals surface area contributed by atoms with E-state index >= 15 is 0 Å². The van der Waals surface area contributed by atoms with Gasteiger partial charge in [-0.3, -0.25) is 14.9 Å². The zero-order chi connectivity index (χ0) is 19.8. The SMILES string of the molecule is O=c1c(Cl)c(N2CCc3ccc([N+](=O)[O-])cc3C2)cnn1-c1ccc(Cl)cc1. The fourth-order valence-electron chi connectivity index (χ4n) is 3.27. The number of rotatable bonds is 3. The molecule has 7 nitrogen and oxygen atoms in total. The molecule has 3 aromatic rings. The van der Waals surface area contributed by atoms with E-state index in [2.05, 4.69) is 5.10 Å². The van der Waals surface area contributed by atoms with E-state index < -0.39 is 10.5 Å². The predicted molar refractivity (Wildman–Crippen MR) is 108 cm³/mol. The second-order valence-electron chi connectivity index (χ2n) is 6.42. The molecule has 0 saturated carbocycles. The first kappa shape index (κ1) is 18.5. The molecule has 1 aromatic heterocycles. The molecule has 0 radical (unpaired) electrons. The third-order valence-corrected chi connectivity index (χ3v) is 5.33. The van der Waals surface area contributed by atoms with E-state index in [-0.39, 0.29) is 10.7 Å². The molecule has 0 fully saturated rings. The molecule has 0 unspecified atom stereocenters. The van der Waals surface area contributed by atoms with Crippen molar-refractivity contribution in [2.75, 3.05) is 11.4 Å². The Morgan fingerprint density at radius 2 is 1.82 bits per heavy atom. The number of nitro groups is 1. The van der Waals surface area contributed by atoms with Crippen molar-refractivity contribution in [2.24, 2.45) is 0 Å². The lowest BCUT2D eigenvalue weighted by atomic mass is 9.99. The fourth-order valence-corrected chi connectivity index (χ4v) is 3.65. The van der Waals surface area contributed by atoms with Crippen molar-refractivity contribution in [3.05, 3.63) is 90.3 Å². The third kappa shape index (κ3) is 3.34. The van der Waals surface area contributed by atoms with Crippen molar-refractivity contribution in [3.63, 3.8) is 0 Å². The Morgan fingerprint density at radius 1 is 1.07 bits per heavy atom. The van der Waals surface area contributed by atoms with Gasteiger partial charge in [-0.15, -0.1) is 0 Å². The zero-order valence-corrected chi connectivity index (χ0v) is 16.0. The molecule has 28 heavy (non-hydrogen) atoms. The first-order valence-electron chi connectivity index (χ1n) is 8.49. The fraction of sp³-hybridized carbons (Fsp3) is 0.158. The van der Waals surface area contributed by atoms with Gasteiger partial charge in [-0.2, -0.15) is 9.78 Å². The molecule has 2 aromatic carbocycles. The van der Waals surface area contributed by atoms with E-state index in [4.69, 9.17) is 23.2 Å². The number of hydrogen-bond acceptors (Lipinski definition) is 5. The summed E-state index contributed by atoms with van der Waals surface area (Å²) in [4.78, 5) is 25.3. The van der Waals surface area contributed by atoms with Crippen molar-refractivity contribution >= 4 is 34.6 Å². The highest BCUT2D eigenvalue weighted by Crippen LogP contribution is 2.30. The molecule has 0 aliphatic carbocycles. The molecule has 0 atom stereocenters. The number of anilines is 1. The van der Waals surface area contributed by atoms with Crippen molar-refractivity contribution in [1.29, 1.82) is 0 Å².